The maximum Gasteiger partial charge on any atom is 0.222 e. The minimum absolute atomic E-state index is 0. The van der Waals surface area contributed by atoms with Gasteiger partial charge in [0.05, 0.1) is 0 Å². The van der Waals surface area contributed by atoms with Crippen molar-refractivity contribution in [1.29, 1.82) is 0 Å². The first-order valence-corrected chi connectivity index (χ1v) is 9.17. The molecule has 0 spiro atoms. The smallest absolute Gasteiger partial charge is 0.222 e. The zero-order valence-corrected chi connectivity index (χ0v) is 17.6. The van der Waals surface area contributed by atoms with Gasteiger partial charge < -0.3 is 20.4 Å². The second kappa shape index (κ2) is 11.9. The summed E-state index contributed by atoms with van der Waals surface area (Å²) in [5, 5.41) is 6.71. The van der Waals surface area contributed by atoms with Crippen LogP contribution in [0.1, 0.15) is 39.0 Å². The monoisotopic (exact) mass is 451 g/mol. The summed E-state index contributed by atoms with van der Waals surface area (Å²) in [6.07, 6.45) is 5.29. The molecule has 1 unspecified atom stereocenters. The molecule has 6 nitrogen and oxygen atoms in total. The van der Waals surface area contributed by atoms with Crippen molar-refractivity contribution < 1.29 is 4.79 Å². The number of guanidine groups is 1. The average molecular weight is 451 g/mol. The number of amides is 1. The number of nitrogens with one attached hydrogen (secondary N) is 2. The summed E-state index contributed by atoms with van der Waals surface area (Å²) in [6.45, 7) is 8.88. The number of likely N-dealkylation sites (tertiary alicyclic amines) is 2. The van der Waals surface area contributed by atoms with Crippen molar-refractivity contribution >= 4 is 35.8 Å². The van der Waals surface area contributed by atoms with Crippen LogP contribution in [0.3, 0.4) is 0 Å². The predicted molar refractivity (Wildman–Crippen MR) is 110 cm³/mol. The molecule has 0 saturated carbocycles. The number of piperidine rings is 1. The largest absolute Gasteiger partial charge is 0.357 e. The normalized spacial score (nSPS) is 22.4. The molecule has 7 heteroatoms. The van der Waals surface area contributed by atoms with Crippen molar-refractivity contribution in [2.45, 2.75) is 39.0 Å². The number of rotatable bonds is 7. The van der Waals surface area contributed by atoms with Crippen molar-refractivity contribution in [3.8, 4) is 0 Å². The van der Waals surface area contributed by atoms with Gasteiger partial charge in [0.2, 0.25) is 5.91 Å². The lowest BCUT2D eigenvalue weighted by Gasteiger charge is -2.28. The van der Waals surface area contributed by atoms with Gasteiger partial charge in [-0.15, -0.1) is 24.0 Å². The third-order valence-corrected chi connectivity index (χ3v) is 4.64. The van der Waals surface area contributed by atoms with Gasteiger partial charge >= 0.3 is 0 Å². The zero-order valence-electron chi connectivity index (χ0n) is 15.2. The number of carbonyl (C=O) groups excluding carboxylic acids is 1. The fourth-order valence-corrected chi connectivity index (χ4v) is 3.40. The molecule has 1 amide bonds. The quantitative estimate of drug-likeness (QED) is 0.267. The molecule has 2 heterocycles. The molecule has 0 aromatic carbocycles. The molecule has 0 bridgehead atoms. The highest BCUT2D eigenvalue weighted by atomic mass is 127. The maximum absolute atomic E-state index is 11.6. The van der Waals surface area contributed by atoms with E-state index in [1.54, 1.807) is 0 Å². The van der Waals surface area contributed by atoms with Gasteiger partial charge in [-0.2, -0.15) is 0 Å². The molecule has 24 heavy (non-hydrogen) atoms. The molecule has 140 valence electrons. The second-order valence-electron chi connectivity index (χ2n) is 6.75. The van der Waals surface area contributed by atoms with Crippen LogP contribution in [0, 0.1) is 5.92 Å². The van der Waals surface area contributed by atoms with Crippen LogP contribution in [0.15, 0.2) is 4.99 Å². The van der Waals surface area contributed by atoms with Crippen molar-refractivity contribution in [3.63, 3.8) is 0 Å². The van der Waals surface area contributed by atoms with Crippen molar-refractivity contribution in [1.82, 2.24) is 20.4 Å². The lowest BCUT2D eigenvalue weighted by atomic mass is 9.99. The van der Waals surface area contributed by atoms with E-state index < -0.39 is 0 Å². The molecule has 0 aliphatic carbocycles. The highest BCUT2D eigenvalue weighted by molar-refractivity contribution is 14.0. The summed E-state index contributed by atoms with van der Waals surface area (Å²) in [4.78, 5) is 20.7. The Labute approximate surface area is 163 Å². The molecule has 2 aliphatic heterocycles. The first-order valence-electron chi connectivity index (χ1n) is 9.17. The number of hydrogen-bond acceptors (Lipinski definition) is 3. The topological polar surface area (TPSA) is 60.0 Å². The van der Waals surface area contributed by atoms with Gasteiger partial charge in [0, 0.05) is 45.7 Å². The van der Waals surface area contributed by atoms with E-state index in [9.17, 15) is 4.79 Å². The molecule has 0 aromatic rings. The van der Waals surface area contributed by atoms with Gasteiger partial charge in [-0.05, 0) is 52.1 Å². The van der Waals surface area contributed by atoms with Crippen LogP contribution in [-0.4, -0.2) is 74.5 Å². The van der Waals surface area contributed by atoms with Crippen molar-refractivity contribution in [3.05, 3.63) is 0 Å². The Morgan fingerprint density at radius 1 is 1.29 bits per heavy atom. The first kappa shape index (κ1) is 21.5. The molecule has 2 aliphatic rings. The summed E-state index contributed by atoms with van der Waals surface area (Å²) in [5.41, 5.74) is 0. The van der Waals surface area contributed by atoms with Crippen LogP contribution in [0.25, 0.3) is 0 Å². The Hall–Kier alpha value is -0.570. The Morgan fingerprint density at radius 3 is 2.79 bits per heavy atom. The van der Waals surface area contributed by atoms with Crippen LogP contribution in [0.4, 0.5) is 0 Å². The molecule has 2 N–H and O–H groups in total. The van der Waals surface area contributed by atoms with E-state index in [0.29, 0.717) is 11.8 Å². The number of halogens is 1. The van der Waals surface area contributed by atoms with Crippen LogP contribution in [0.2, 0.25) is 0 Å². The number of hydrogen-bond donors (Lipinski definition) is 2. The lowest BCUT2D eigenvalue weighted by Crippen LogP contribution is -2.40. The van der Waals surface area contributed by atoms with E-state index in [-0.39, 0.29) is 24.0 Å². The van der Waals surface area contributed by atoms with Gasteiger partial charge in [0.25, 0.3) is 0 Å². The Bertz CT molecular complexity index is 404. The summed E-state index contributed by atoms with van der Waals surface area (Å²) < 4.78 is 0. The van der Waals surface area contributed by atoms with Gasteiger partial charge in [-0.25, -0.2) is 0 Å². The Balaban J connectivity index is 0.00000288. The zero-order chi connectivity index (χ0) is 16.5. The fourth-order valence-electron chi connectivity index (χ4n) is 3.40. The summed E-state index contributed by atoms with van der Waals surface area (Å²) >= 11 is 0. The predicted octanol–water partition coefficient (Wildman–Crippen LogP) is 1.51. The standard InChI is InChI=1S/C17H33N5O.HI/c1-3-18-17(20-13-15-7-4-10-21(2)14-15)19-9-6-12-22-11-5-8-16(22)23;/h15H,3-14H2,1-2H3,(H2,18,19,20);1H. The van der Waals surface area contributed by atoms with E-state index in [1.165, 1.54) is 19.4 Å². The van der Waals surface area contributed by atoms with Crippen molar-refractivity contribution in [2.75, 3.05) is 52.9 Å². The van der Waals surface area contributed by atoms with Gasteiger partial charge in [0.1, 0.15) is 0 Å². The van der Waals surface area contributed by atoms with E-state index >= 15 is 0 Å². The SMILES string of the molecule is CCNC(=NCC1CCCN(C)C1)NCCCN1CCCC1=O.I. The number of aliphatic imine (C=N–C) groups is 1. The summed E-state index contributed by atoms with van der Waals surface area (Å²) in [5.74, 6) is 1.90. The molecule has 2 rings (SSSR count). The van der Waals surface area contributed by atoms with E-state index in [2.05, 4.69) is 29.5 Å². The molecule has 2 saturated heterocycles. The molecule has 0 radical (unpaired) electrons. The van der Waals surface area contributed by atoms with Crippen LogP contribution in [0.5, 0.6) is 0 Å². The fraction of sp³-hybridized carbons (Fsp3) is 0.882. The van der Waals surface area contributed by atoms with E-state index in [0.717, 1.165) is 64.5 Å². The summed E-state index contributed by atoms with van der Waals surface area (Å²) in [7, 11) is 2.19. The molecule has 0 aromatic heterocycles. The molecule has 2 fully saturated rings. The number of nitrogens with zero attached hydrogens (tertiary/aromatic N) is 3. The molecular weight excluding hydrogens is 417 g/mol. The van der Waals surface area contributed by atoms with Crippen LogP contribution in [-0.2, 0) is 4.79 Å². The van der Waals surface area contributed by atoms with E-state index in [4.69, 9.17) is 4.99 Å². The highest BCUT2D eigenvalue weighted by Gasteiger charge is 2.19. The minimum atomic E-state index is 0. The van der Waals surface area contributed by atoms with Crippen molar-refractivity contribution in [2.24, 2.45) is 10.9 Å². The first-order chi connectivity index (χ1) is 11.2. The number of carbonyl (C=O) groups is 1. The van der Waals surface area contributed by atoms with Crippen LogP contribution < -0.4 is 10.6 Å². The second-order valence-corrected chi connectivity index (χ2v) is 6.75. The Kier molecular flexibility index (Phi) is 10.6. The minimum Gasteiger partial charge on any atom is -0.357 e. The highest BCUT2D eigenvalue weighted by Crippen LogP contribution is 2.15. The lowest BCUT2D eigenvalue weighted by molar-refractivity contribution is -0.127. The Morgan fingerprint density at radius 2 is 2.12 bits per heavy atom. The average Bonchev–Trinajstić information content (AvgIpc) is 2.94. The third-order valence-electron chi connectivity index (χ3n) is 4.64. The van der Waals surface area contributed by atoms with Gasteiger partial charge in [-0.1, -0.05) is 0 Å². The van der Waals surface area contributed by atoms with Crippen LogP contribution >= 0.6 is 24.0 Å². The van der Waals surface area contributed by atoms with E-state index in [1.807, 2.05) is 4.90 Å². The maximum atomic E-state index is 11.6. The molecular formula is C17H34IN5O. The van der Waals surface area contributed by atoms with Gasteiger partial charge in [0.15, 0.2) is 5.96 Å². The third kappa shape index (κ3) is 7.55. The summed E-state index contributed by atoms with van der Waals surface area (Å²) in [6, 6.07) is 0. The molecule has 1 atom stereocenters. The van der Waals surface area contributed by atoms with Gasteiger partial charge in [-0.3, -0.25) is 9.79 Å².